The van der Waals surface area contributed by atoms with Crippen molar-refractivity contribution in [3.63, 3.8) is 0 Å². The van der Waals surface area contributed by atoms with E-state index in [2.05, 4.69) is 0 Å². The van der Waals surface area contributed by atoms with E-state index < -0.39 is 18.3 Å². The molecule has 0 fully saturated rings. The lowest BCUT2D eigenvalue weighted by molar-refractivity contribution is 0.281. The smallest absolute Gasteiger partial charge is 0.106 e. The summed E-state index contributed by atoms with van der Waals surface area (Å²) in [5.41, 5.74) is 13.8. The first-order valence-corrected chi connectivity index (χ1v) is 6.82. The van der Waals surface area contributed by atoms with Gasteiger partial charge >= 0.3 is 0 Å². The molecule has 2 nitrogen and oxygen atoms in total. The fourth-order valence-corrected chi connectivity index (χ4v) is 2.43. The Balaban J connectivity index is 2.21. The molecule has 2 aromatic carbocycles. The summed E-state index contributed by atoms with van der Waals surface area (Å²) in [7, 11) is 0. The van der Waals surface area contributed by atoms with Crippen molar-refractivity contribution < 1.29 is 4.39 Å². The summed E-state index contributed by atoms with van der Waals surface area (Å²) in [6.45, 7) is -0.615. The summed E-state index contributed by atoms with van der Waals surface area (Å²) in [5.74, 6) is 0. The van der Waals surface area contributed by atoms with Crippen molar-refractivity contribution in [1.82, 2.24) is 0 Å². The lowest BCUT2D eigenvalue weighted by Gasteiger charge is -2.34. The van der Waals surface area contributed by atoms with Gasteiger partial charge in [-0.25, -0.2) is 4.39 Å². The minimum absolute atomic E-state index is 0.563. The normalized spacial score (nSPS) is 13.2. The SMILES string of the molecule is NC(CF)C(N)(Cc1ccccc1)Cc1ccccc1. The number of nitrogens with two attached hydrogens (primary N) is 2. The fourth-order valence-electron chi connectivity index (χ4n) is 2.43. The molecule has 0 aliphatic carbocycles. The molecule has 20 heavy (non-hydrogen) atoms. The van der Waals surface area contributed by atoms with E-state index in [0.29, 0.717) is 12.8 Å². The maximum absolute atomic E-state index is 13.1. The molecular formula is C17H21FN2. The molecule has 3 heteroatoms. The van der Waals surface area contributed by atoms with Crippen LogP contribution in [0.2, 0.25) is 0 Å². The first-order valence-electron chi connectivity index (χ1n) is 6.82. The first kappa shape index (κ1) is 14.7. The van der Waals surface area contributed by atoms with E-state index in [9.17, 15) is 4.39 Å². The van der Waals surface area contributed by atoms with E-state index in [-0.39, 0.29) is 0 Å². The molecule has 0 spiro atoms. The number of alkyl halides is 1. The Labute approximate surface area is 119 Å². The zero-order valence-corrected chi connectivity index (χ0v) is 11.5. The molecule has 106 valence electrons. The fraction of sp³-hybridized carbons (Fsp3) is 0.294. The van der Waals surface area contributed by atoms with Crippen LogP contribution >= 0.6 is 0 Å². The third-order valence-electron chi connectivity index (χ3n) is 3.66. The van der Waals surface area contributed by atoms with Gasteiger partial charge in [-0.05, 0) is 24.0 Å². The molecule has 0 aliphatic rings. The number of rotatable bonds is 6. The summed E-state index contributed by atoms with van der Waals surface area (Å²) in [6.07, 6.45) is 1.13. The molecule has 0 amide bonds. The van der Waals surface area contributed by atoms with Crippen molar-refractivity contribution in [2.75, 3.05) is 6.67 Å². The number of benzene rings is 2. The van der Waals surface area contributed by atoms with E-state index >= 15 is 0 Å². The van der Waals surface area contributed by atoms with Crippen molar-refractivity contribution in [3.05, 3.63) is 71.8 Å². The van der Waals surface area contributed by atoms with Crippen LogP contribution in [0.5, 0.6) is 0 Å². The molecule has 0 bridgehead atoms. The summed E-state index contributed by atoms with van der Waals surface area (Å²) in [4.78, 5) is 0. The Morgan fingerprint density at radius 1 is 0.850 bits per heavy atom. The summed E-state index contributed by atoms with van der Waals surface area (Å²) in [6, 6.07) is 19.0. The maximum Gasteiger partial charge on any atom is 0.106 e. The van der Waals surface area contributed by atoms with Crippen molar-refractivity contribution in [2.45, 2.75) is 24.4 Å². The molecule has 2 rings (SSSR count). The highest BCUT2D eigenvalue weighted by Gasteiger charge is 2.33. The van der Waals surface area contributed by atoms with Crippen LogP contribution in [0.25, 0.3) is 0 Å². The molecule has 2 aromatic rings. The van der Waals surface area contributed by atoms with Gasteiger partial charge in [0.2, 0.25) is 0 Å². The highest BCUT2D eigenvalue weighted by molar-refractivity contribution is 5.24. The zero-order chi connectivity index (χ0) is 14.4. The second-order valence-electron chi connectivity index (χ2n) is 5.32. The molecule has 4 N–H and O–H groups in total. The predicted molar refractivity (Wildman–Crippen MR) is 81.2 cm³/mol. The molecule has 1 unspecified atom stereocenters. The standard InChI is InChI=1S/C17H21FN2/c18-13-16(19)17(20,11-14-7-3-1-4-8-14)12-15-9-5-2-6-10-15/h1-10,16H,11-13,19-20H2. The molecule has 0 aromatic heterocycles. The lowest BCUT2D eigenvalue weighted by Crippen LogP contribution is -2.59. The summed E-state index contributed by atoms with van der Waals surface area (Å²) in [5, 5.41) is 0. The van der Waals surface area contributed by atoms with Gasteiger partial charge in [0.15, 0.2) is 0 Å². The van der Waals surface area contributed by atoms with Gasteiger partial charge in [0.05, 0.1) is 6.04 Å². The largest absolute Gasteiger partial charge is 0.324 e. The minimum Gasteiger partial charge on any atom is -0.324 e. The van der Waals surface area contributed by atoms with Crippen LogP contribution in [0.15, 0.2) is 60.7 Å². The maximum atomic E-state index is 13.1. The van der Waals surface area contributed by atoms with E-state index in [1.165, 1.54) is 0 Å². The van der Waals surface area contributed by atoms with Gasteiger partial charge in [-0.1, -0.05) is 60.7 Å². The molecular weight excluding hydrogens is 251 g/mol. The Kier molecular flexibility index (Phi) is 4.88. The summed E-state index contributed by atoms with van der Waals surface area (Å²) < 4.78 is 13.1. The van der Waals surface area contributed by atoms with Gasteiger partial charge < -0.3 is 11.5 Å². The van der Waals surface area contributed by atoms with Crippen LogP contribution in [-0.4, -0.2) is 18.3 Å². The minimum atomic E-state index is -0.780. The number of hydrogen-bond acceptors (Lipinski definition) is 2. The second kappa shape index (κ2) is 6.64. The molecule has 0 radical (unpaired) electrons. The number of hydrogen-bond donors (Lipinski definition) is 2. The van der Waals surface area contributed by atoms with E-state index in [1.807, 2.05) is 60.7 Å². The molecule has 0 heterocycles. The second-order valence-corrected chi connectivity index (χ2v) is 5.32. The van der Waals surface area contributed by atoms with Crippen LogP contribution in [0.4, 0.5) is 4.39 Å². The molecule has 0 saturated heterocycles. The lowest BCUT2D eigenvalue weighted by atomic mass is 9.80. The average Bonchev–Trinajstić information content (AvgIpc) is 2.48. The van der Waals surface area contributed by atoms with Crippen LogP contribution in [0.1, 0.15) is 11.1 Å². The van der Waals surface area contributed by atoms with Gasteiger partial charge in [0.25, 0.3) is 0 Å². The molecule has 0 aliphatic heterocycles. The van der Waals surface area contributed by atoms with Gasteiger partial charge in [0, 0.05) is 5.54 Å². The third kappa shape index (κ3) is 3.65. The van der Waals surface area contributed by atoms with Crippen molar-refractivity contribution in [3.8, 4) is 0 Å². The van der Waals surface area contributed by atoms with Crippen LogP contribution in [0, 0.1) is 0 Å². The highest BCUT2D eigenvalue weighted by Crippen LogP contribution is 2.20. The van der Waals surface area contributed by atoms with Crippen molar-refractivity contribution in [2.24, 2.45) is 11.5 Å². The Hall–Kier alpha value is -1.71. The Morgan fingerprint density at radius 2 is 1.25 bits per heavy atom. The topological polar surface area (TPSA) is 52.0 Å². The summed E-state index contributed by atoms with van der Waals surface area (Å²) >= 11 is 0. The van der Waals surface area contributed by atoms with Crippen LogP contribution in [0.3, 0.4) is 0 Å². The van der Waals surface area contributed by atoms with Crippen molar-refractivity contribution >= 4 is 0 Å². The zero-order valence-electron chi connectivity index (χ0n) is 11.5. The van der Waals surface area contributed by atoms with Gasteiger partial charge in [-0.2, -0.15) is 0 Å². The van der Waals surface area contributed by atoms with Gasteiger partial charge in [-0.15, -0.1) is 0 Å². The Bertz CT molecular complexity index is 472. The van der Waals surface area contributed by atoms with Gasteiger partial charge in [-0.3, -0.25) is 0 Å². The number of halogens is 1. The molecule has 1 atom stereocenters. The van der Waals surface area contributed by atoms with Crippen molar-refractivity contribution in [1.29, 1.82) is 0 Å². The highest BCUT2D eigenvalue weighted by atomic mass is 19.1. The van der Waals surface area contributed by atoms with Crippen LogP contribution < -0.4 is 11.5 Å². The predicted octanol–water partition coefficient (Wildman–Crippen LogP) is 2.47. The molecule has 0 saturated carbocycles. The first-order chi connectivity index (χ1) is 9.64. The third-order valence-corrected chi connectivity index (χ3v) is 3.66. The van der Waals surface area contributed by atoms with E-state index in [4.69, 9.17) is 11.5 Å². The average molecular weight is 272 g/mol. The van der Waals surface area contributed by atoms with E-state index in [1.54, 1.807) is 0 Å². The van der Waals surface area contributed by atoms with Gasteiger partial charge in [0.1, 0.15) is 6.67 Å². The quantitative estimate of drug-likeness (QED) is 0.848. The monoisotopic (exact) mass is 272 g/mol. The van der Waals surface area contributed by atoms with Crippen LogP contribution in [-0.2, 0) is 12.8 Å². The Morgan fingerprint density at radius 3 is 1.60 bits per heavy atom. The van der Waals surface area contributed by atoms with E-state index in [0.717, 1.165) is 11.1 Å².